The van der Waals surface area contributed by atoms with Gasteiger partial charge in [0.15, 0.2) is 0 Å². The minimum atomic E-state index is -0.222. The first-order valence-corrected chi connectivity index (χ1v) is 5.48. The highest BCUT2D eigenvalue weighted by molar-refractivity contribution is 9.09. The molecule has 0 atom stereocenters. The second-order valence-electron chi connectivity index (χ2n) is 2.81. The van der Waals surface area contributed by atoms with Crippen LogP contribution in [-0.2, 0) is 4.79 Å². The first-order valence-electron chi connectivity index (χ1n) is 4.36. The number of amides is 2. The monoisotopic (exact) mass is 270 g/mol. The molecule has 0 fully saturated rings. The SMILES string of the molecule is CNC(=O)c1ccccc1NC(=O)CBr. The molecule has 0 aliphatic carbocycles. The van der Waals surface area contributed by atoms with E-state index in [2.05, 4.69) is 26.6 Å². The second kappa shape index (κ2) is 5.50. The van der Waals surface area contributed by atoms with Gasteiger partial charge in [0.2, 0.25) is 5.91 Å². The van der Waals surface area contributed by atoms with Crippen LogP contribution in [0.5, 0.6) is 0 Å². The summed E-state index contributed by atoms with van der Waals surface area (Å²) in [7, 11) is 1.55. The van der Waals surface area contributed by atoms with Crippen LogP contribution in [-0.4, -0.2) is 24.2 Å². The quantitative estimate of drug-likeness (QED) is 0.816. The molecule has 0 spiro atoms. The molecule has 0 heterocycles. The molecule has 2 amide bonds. The van der Waals surface area contributed by atoms with Crippen LogP contribution in [0.15, 0.2) is 24.3 Å². The van der Waals surface area contributed by atoms with Gasteiger partial charge in [-0.15, -0.1) is 0 Å². The van der Waals surface area contributed by atoms with E-state index in [4.69, 9.17) is 0 Å². The molecule has 0 aliphatic heterocycles. The number of para-hydroxylation sites is 1. The summed E-state index contributed by atoms with van der Waals surface area (Å²) in [5.41, 5.74) is 0.968. The van der Waals surface area contributed by atoms with Crippen LogP contribution in [0.2, 0.25) is 0 Å². The summed E-state index contributed by atoms with van der Waals surface area (Å²) in [5.74, 6) is -0.410. The summed E-state index contributed by atoms with van der Waals surface area (Å²) in [6.07, 6.45) is 0. The van der Waals surface area contributed by atoms with Gasteiger partial charge in [0.1, 0.15) is 0 Å². The molecule has 1 aromatic carbocycles. The normalized spacial score (nSPS) is 9.47. The van der Waals surface area contributed by atoms with Crippen LogP contribution in [0.1, 0.15) is 10.4 Å². The Morgan fingerprint density at radius 2 is 2.00 bits per heavy atom. The highest BCUT2D eigenvalue weighted by Gasteiger charge is 2.10. The molecule has 80 valence electrons. The Labute approximate surface area is 96.2 Å². The van der Waals surface area contributed by atoms with Crippen molar-refractivity contribution in [2.45, 2.75) is 0 Å². The van der Waals surface area contributed by atoms with Crippen molar-refractivity contribution in [1.29, 1.82) is 0 Å². The highest BCUT2D eigenvalue weighted by atomic mass is 79.9. The number of carbonyl (C=O) groups excluding carboxylic acids is 2. The molecule has 0 radical (unpaired) electrons. The largest absolute Gasteiger partial charge is 0.355 e. The van der Waals surface area contributed by atoms with Crippen molar-refractivity contribution in [2.24, 2.45) is 0 Å². The maximum absolute atomic E-state index is 11.4. The fourth-order valence-electron chi connectivity index (χ4n) is 1.11. The molecule has 4 nitrogen and oxygen atoms in total. The zero-order valence-electron chi connectivity index (χ0n) is 8.21. The van der Waals surface area contributed by atoms with E-state index in [-0.39, 0.29) is 17.1 Å². The Balaban J connectivity index is 2.96. The van der Waals surface area contributed by atoms with E-state index in [9.17, 15) is 9.59 Å². The molecular weight excluding hydrogens is 260 g/mol. The molecule has 1 rings (SSSR count). The van der Waals surface area contributed by atoms with Crippen LogP contribution in [0.25, 0.3) is 0 Å². The van der Waals surface area contributed by atoms with Crippen molar-refractivity contribution in [1.82, 2.24) is 5.32 Å². The lowest BCUT2D eigenvalue weighted by Crippen LogP contribution is -2.21. The molecule has 15 heavy (non-hydrogen) atoms. The molecule has 5 heteroatoms. The van der Waals surface area contributed by atoms with Gasteiger partial charge in [0, 0.05) is 7.05 Å². The number of benzene rings is 1. The molecule has 0 unspecified atom stereocenters. The Kier molecular flexibility index (Phi) is 4.30. The maximum atomic E-state index is 11.4. The first-order chi connectivity index (χ1) is 7.19. The summed E-state index contributed by atoms with van der Waals surface area (Å²) < 4.78 is 0. The number of carbonyl (C=O) groups is 2. The summed E-state index contributed by atoms with van der Waals surface area (Å²) in [5, 5.41) is 5.34. The van der Waals surface area contributed by atoms with Crippen molar-refractivity contribution in [3.63, 3.8) is 0 Å². The van der Waals surface area contributed by atoms with Gasteiger partial charge in [-0.3, -0.25) is 9.59 Å². The number of alkyl halides is 1. The van der Waals surface area contributed by atoms with Gasteiger partial charge in [-0.2, -0.15) is 0 Å². The van der Waals surface area contributed by atoms with Gasteiger partial charge in [0.05, 0.1) is 16.6 Å². The van der Waals surface area contributed by atoms with Crippen LogP contribution in [0, 0.1) is 0 Å². The van der Waals surface area contributed by atoms with E-state index in [0.717, 1.165) is 0 Å². The fraction of sp³-hybridized carbons (Fsp3) is 0.200. The van der Waals surface area contributed by atoms with Gasteiger partial charge in [0.25, 0.3) is 5.91 Å². The highest BCUT2D eigenvalue weighted by Crippen LogP contribution is 2.14. The number of hydrogen-bond acceptors (Lipinski definition) is 2. The van der Waals surface area contributed by atoms with Gasteiger partial charge >= 0.3 is 0 Å². The van der Waals surface area contributed by atoms with Gasteiger partial charge in [-0.25, -0.2) is 0 Å². The van der Waals surface area contributed by atoms with Crippen LogP contribution in [0.4, 0.5) is 5.69 Å². The van der Waals surface area contributed by atoms with E-state index < -0.39 is 0 Å². The fourth-order valence-corrected chi connectivity index (χ4v) is 1.25. The predicted molar refractivity (Wildman–Crippen MR) is 62.3 cm³/mol. The molecule has 2 N–H and O–H groups in total. The molecular formula is C10H11BrN2O2. The van der Waals surface area contributed by atoms with Crippen molar-refractivity contribution < 1.29 is 9.59 Å². The molecule has 0 aromatic heterocycles. The van der Waals surface area contributed by atoms with E-state index in [1.54, 1.807) is 31.3 Å². The van der Waals surface area contributed by atoms with E-state index in [1.807, 2.05) is 0 Å². The van der Waals surface area contributed by atoms with Gasteiger partial charge < -0.3 is 10.6 Å². The minimum absolute atomic E-state index is 0.189. The van der Waals surface area contributed by atoms with E-state index in [0.29, 0.717) is 11.3 Å². The lowest BCUT2D eigenvalue weighted by atomic mass is 10.1. The molecule has 0 saturated heterocycles. The summed E-state index contributed by atoms with van der Waals surface area (Å²) in [6, 6.07) is 6.85. The van der Waals surface area contributed by atoms with Crippen molar-refractivity contribution in [3.05, 3.63) is 29.8 Å². The Bertz CT molecular complexity index is 379. The second-order valence-corrected chi connectivity index (χ2v) is 3.37. The van der Waals surface area contributed by atoms with E-state index in [1.165, 1.54) is 0 Å². The lowest BCUT2D eigenvalue weighted by Gasteiger charge is -2.08. The van der Waals surface area contributed by atoms with Crippen molar-refractivity contribution in [3.8, 4) is 0 Å². The number of hydrogen-bond donors (Lipinski definition) is 2. The minimum Gasteiger partial charge on any atom is -0.355 e. The third-order valence-electron chi connectivity index (χ3n) is 1.79. The smallest absolute Gasteiger partial charge is 0.253 e. The summed E-state index contributed by atoms with van der Waals surface area (Å²) in [6.45, 7) is 0. The molecule has 0 aliphatic rings. The third-order valence-corrected chi connectivity index (χ3v) is 2.30. The maximum Gasteiger partial charge on any atom is 0.253 e. The Morgan fingerprint density at radius 1 is 1.33 bits per heavy atom. The summed E-state index contributed by atoms with van der Waals surface area (Å²) >= 11 is 3.04. The summed E-state index contributed by atoms with van der Waals surface area (Å²) in [4.78, 5) is 22.6. The van der Waals surface area contributed by atoms with Crippen LogP contribution >= 0.6 is 15.9 Å². The van der Waals surface area contributed by atoms with Crippen LogP contribution < -0.4 is 10.6 Å². The zero-order chi connectivity index (χ0) is 11.3. The average molecular weight is 271 g/mol. The topological polar surface area (TPSA) is 58.2 Å². The Hall–Kier alpha value is -1.36. The third kappa shape index (κ3) is 3.06. The number of anilines is 1. The number of nitrogens with one attached hydrogen (secondary N) is 2. The lowest BCUT2D eigenvalue weighted by molar-refractivity contribution is -0.113. The standard InChI is InChI=1S/C10H11BrN2O2/c1-12-10(15)7-4-2-3-5-8(7)13-9(14)6-11/h2-5H,6H2,1H3,(H,12,15)(H,13,14). The first kappa shape index (κ1) is 11.7. The number of halogens is 1. The van der Waals surface area contributed by atoms with Gasteiger partial charge in [-0.05, 0) is 12.1 Å². The molecule has 0 bridgehead atoms. The van der Waals surface area contributed by atoms with Gasteiger partial charge in [-0.1, -0.05) is 28.1 Å². The predicted octanol–water partition coefficient (Wildman–Crippen LogP) is 1.38. The average Bonchev–Trinajstić information content (AvgIpc) is 2.28. The van der Waals surface area contributed by atoms with Crippen molar-refractivity contribution >= 4 is 33.4 Å². The van der Waals surface area contributed by atoms with E-state index >= 15 is 0 Å². The van der Waals surface area contributed by atoms with Crippen LogP contribution in [0.3, 0.4) is 0 Å². The zero-order valence-corrected chi connectivity index (χ0v) is 9.80. The van der Waals surface area contributed by atoms with Crippen molar-refractivity contribution in [2.75, 3.05) is 17.7 Å². The number of rotatable bonds is 3. The molecule has 1 aromatic rings. The Morgan fingerprint density at radius 3 is 2.60 bits per heavy atom. The molecule has 0 saturated carbocycles.